The van der Waals surface area contributed by atoms with Gasteiger partial charge in [-0.1, -0.05) is 12.1 Å². The minimum atomic E-state index is -0.284. The van der Waals surface area contributed by atoms with Crippen molar-refractivity contribution in [3.05, 3.63) is 59.6 Å². The Morgan fingerprint density at radius 1 is 1.25 bits per heavy atom. The zero-order chi connectivity index (χ0) is 20.3. The summed E-state index contributed by atoms with van der Waals surface area (Å²) in [5.74, 6) is 0.270. The van der Waals surface area contributed by atoms with E-state index in [9.17, 15) is 9.18 Å². The summed E-state index contributed by atoms with van der Waals surface area (Å²) in [7, 11) is 0. The van der Waals surface area contributed by atoms with E-state index in [0.29, 0.717) is 18.9 Å². The topological polar surface area (TPSA) is 51.5 Å². The molecule has 0 spiro atoms. The molecule has 0 saturated heterocycles. The first kappa shape index (κ1) is 19.7. The zero-order valence-corrected chi connectivity index (χ0v) is 16.6. The first-order chi connectivity index (χ1) is 13.5. The second kappa shape index (κ2) is 8.30. The van der Waals surface area contributed by atoms with E-state index in [1.165, 1.54) is 12.1 Å². The number of likely N-dealkylation sites (N-methyl/N-ethyl adjacent to an activating group) is 1. The Kier molecular flexibility index (Phi) is 5.83. The molecular formula is C23H24FNO3. The van der Waals surface area contributed by atoms with Gasteiger partial charge in [-0.2, -0.15) is 0 Å². The highest BCUT2D eigenvalue weighted by Gasteiger charge is 2.19. The number of nitrogens with one attached hydrogen (secondary N) is 1. The Bertz CT molecular complexity index is 1030. The van der Waals surface area contributed by atoms with E-state index >= 15 is 0 Å². The molecule has 28 heavy (non-hydrogen) atoms. The minimum absolute atomic E-state index is 0.147. The Balaban J connectivity index is 2.21. The third kappa shape index (κ3) is 3.79. The van der Waals surface area contributed by atoms with Gasteiger partial charge in [0.1, 0.15) is 17.1 Å². The number of carbonyl (C=O) groups excluding carboxylic acids is 1. The molecule has 0 radical (unpaired) electrons. The fraction of sp³-hybridized carbons (Fsp3) is 0.261. The summed E-state index contributed by atoms with van der Waals surface area (Å²) in [5, 5.41) is 3.67. The molecular weight excluding hydrogens is 357 g/mol. The van der Waals surface area contributed by atoms with Crippen molar-refractivity contribution in [3.63, 3.8) is 0 Å². The lowest BCUT2D eigenvalue weighted by atomic mass is 9.96. The predicted octanol–water partition coefficient (Wildman–Crippen LogP) is 5.49. The van der Waals surface area contributed by atoms with E-state index in [4.69, 9.17) is 9.15 Å². The van der Waals surface area contributed by atoms with Crippen molar-refractivity contribution in [2.75, 3.05) is 13.2 Å². The molecule has 0 bridgehead atoms. The van der Waals surface area contributed by atoms with Crippen LogP contribution >= 0.6 is 0 Å². The van der Waals surface area contributed by atoms with E-state index < -0.39 is 0 Å². The normalized spacial score (nSPS) is 11.7. The van der Waals surface area contributed by atoms with Gasteiger partial charge in [0.2, 0.25) is 5.91 Å². The molecule has 0 aliphatic heterocycles. The number of allylic oxidation sites excluding steroid dienone is 1. The monoisotopic (exact) mass is 381 g/mol. The number of furan rings is 1. The van der Waals surface area contributed by atoms with E-state index in [2.05, 4.69) is 5.32 Å². The fourth-order valence-corrected chi connectivity index (χ4v) is 3.29. The molecule has 5 heteroatoms. The number of ether oxygens (including phenoxy) is 1. The van der Waals surface area contributed by atoms with Gasteiger partial charge in [0, 0.05) is 34.7 Å². The van der Waals surface area contributed by atoms with Gasteiger partial charge in [0.25, 0.3) is 0 Å². The zero-order valence-electron chi connectivity index (χ0n) is 16.6. The highest BCUT2D eigenvalue weighted by Crippen LogP contribution is 2.40. The average molecular weight is 381 g/mol. The third-order valence-electron chi connectivity index (χ3n) is 4.61. The van der Waals surface area contributed by atoms with Crippen LogP contribution in [0.1, 0.15) is 31.9 Å². The Labute approximate surface area is 164 Å². The quantitative estimate of drug-likeness (QED) is 0.575. The summed E-state index contributed by atoms with van der Waals surface area (Å²) in [6.07, 6.45) is 3.25. The maximum atomic E-state index is 13.3. The first-order valence-electron chi connectivity index (χ1n) is 9.36. The molecule has 0 unspecified atom stereocenters. The summed E-state index contributed by atoms with van der Waals surface area (Å²) >= 11 is 0. The number of benzene rings is 2. The maximum absolute atomic E-state index is 13.3. The summed E-state index contributed by atoms with van der Waals surface area (Å²) in [5.41, 5.74) is 4.95. The van der Waals surface area contributed by atoms with Gasteiger partial charge in [-0.3, -0.25) is 4.79 Å². The molecule has 1 aromatic heterocycles. The molecule has 0 aliphatic rings. The molecule has 0 saturated carbocycles. The molecule has 146 valence electrons. The van der Waals surface area contributed by atoms with Crippen LogP contribution in [-0.4, -0.2) is 19.1 Å². The van der Waals surface area contributed by atoms with E-state index in [1.807, 2.05) is 33.8 Å². The Morgan fingerprint density at radius 3 is 2.61 bits per heavy atom. The van der Waals surface area contributed by atoms with Crippen LogP contribution in [0.15, 0.2) is 47.1 Å². The highest BCUT2D eigenvalue weighted by atomic mass is 19.1. The minimum Gasteiger partial charge on any atom is -0.493 e. The van der Waals surface area contributed by atoms with Gasteiger partial charge in [0.05, 0.1) is 12.9 Å². The van der Waals surface area contributed by atoms with Gasteiger partial charge in [-0.05, 0) is 57.0 Å². The average Bonchev–Trinajstić information content (AvgIpc) is 3.09. The highest BCUT2D eigenvalue weighted by molar-refractivity contribution is 6.01. The van der Waals surface area contributed by atoms with Crippen LogP contribution in [0, 0.1) is 12.7 Å². The van der Waals surface area contributed by atoms with E-state index in [1.54, 1.807) is 24.5 Å². The Hall–Kier alpha value is -3.08. The molecule has 3 rings (SSSR count). The van der Waals surface area contributed by atoms with Crippen molar-refractivity contribution >= 4 is 22.4 Å². The predicted molar refractivity (Wildman–Crippen MR) is 110 cm³/mol. The van der Waals surface area contributed by atoms with Crippen molar-refractivity contribution in [2.45, 2.75) is 27.7 Å². The van der Waals surface area contributed by atoms with Gasteiger partial charge >= 0.3 is 0 Å². The first-order valence-corrected chi connectivity index (χ1v) is 9.36. The summed E-state index contributed by atoms with van der Waals surface area (Å²) in [4.78, 5) is 12.0. The van der Waals surface area contributed by atoms with Crippen LogP contribution in [0.2, 0.25) is 0 Å². The van der Waals surface area contributed by atoms with Gasteiger partial charge < -0.3 is 14.5 Å². The summed E-state index contributed by atoms with van der Waals surface area (Å²) in [6, 6.07) is 8.28. The number of hydrogen-bond acceptors (Lipinski definition) is 3. The van der Waals surface area contributed by atoms with Crippen molar-refractivity contribution in [2.24, 2.45) is 0 Å². The number of amides is 1. The fourth-order valence-electron chi connectivity index (χ4n) is 3.29. The molecule has 0 atom stereocenters. The lowest BCUT2D eigenvalue weighted by Gasteiger charge is -2.15. The third-order valence-corrected chi connectivity index (χ3v) is 4.61. The Morgan fingerprint density at radius 2 is 1.96 bits per heavy atom. The summed E-state index contributed by atoms with van der Waals surface area (Å²) in [6.45, 7) is 8.69. The number of carbonyl (C=O) groups is 1. The van der Waals surface area contributed by atoms with Crippen molar-refractivity contribution in [3.8, 4) is 16.9 Å². The molecule has 3 aromatic rings. The number of aryl methyl sites for hydroxylation is 1. The van der Waals surface area contributed by atoms with Gasteiger partial charge in [-0.15, -0.1) is 0 Å². The lowest BCUT2D eigenvalue weighted by molar-refractivity contribution is -0.116. The lowest BCUT2D eigenvalue weighted by Crippen LogP contribution is -2.20. The number of hydrogen-bond donors (Lipinski definition) is 1. The van der Waals surface area contributed by atoms with Crippen LogP contribution in [0.5, 0.6) is 5.75 Å². The van der Waals surface area contributed by atoms with Crippen LogP contribution in [-0.2, 0) is 4.79 Å². The molecule has 2 aromatic carbocycles. The van der Waals surface area contributed by atoms with Crippen LogP contribution < -0.4 is 10.1 Å². The number of fused-ring (bicyclic) bond motifs is 1. The van der Waals surface area contributed by atoms with Crippen LogP contribution in [0.3, 0.4) is 0 Å². The van der Waals surface area contributed by atoms with Crippen LogP contribution in [0.4, 0.5) is 4.39 Å². The van der Waals surface area contributed by atoms with Gasteiger partial charge in [0.15, 0.2) is 0 Å². The van der Waals surface area contributed by atoms with Crippen LogP contribution in [0.25, 0.3) is 27.7 Å². The van der Waals surface area contributed by atoms with Crippen molar-refractivity contribution < 1.29 is 18.3 Å². The number of rotatable bonds is 6. The molecule has 1 N–H and O–H groups in total. The molecule has 1 heterocycles. The molecule has 0 aliphatic carbocycles. The SMILES string of the molecule is CCNC(=O)/C=C(\C)c1cc2c(-c3ccc(F)cc3)coc2c(C)c1OCC. The maximum Gasteiger partial charge on any atom is 0.244 e. The molecule has 4 nitrogen and oxygen atoms in total. The molecule has 0 fully saturated rings. The van der Waals surface area contributed by atoms with E-state index in [0.717, 1.165) is 38.8 Å². The standard InChI is InChI=1S/C23H24FNO3/c1-5-25-21(26)11-14(3)18-12-19-20(16-7-9-17(24)10-8-16)13-28-23(19)15(4)22(18)27-6-2/h7-13H,5-6H2,1-4H3,(H,25,26)/b14-11+. The van der Waals surface area contributed by atoms with E-state index in [-0.39, 0.29) is 11.7 Å². The van der Waals surface area contributed by atoms with Crippen molar-refractivity contribution in [1.29, 1.82) is 0 Å². The second-order valence-corrected chi connectivity index (χ2v) is 6.57. The molecule has 1 amide bonds. The smallest absolute Gasteiger partial charge is 0.244 e. The second-order valence-electron chi connectivity index (χ2n) is 6.57. The summed E-state index contributed by atoms with van der Waals surface area (Å²) < 4.78 is 25.0. The largest absolute Gasteiger partial charge is 0.493 e. The number of halogens is 1. The van der Waals surface area contributed by atoms with Gasteiger partial charge in [-0.25, -0.2) is 4.39 Å². The van der Waals surface area contributed by atoms with Crippen molar-refractivity contribution in [1.82, 2.24) is 5.32 Å².